The molecule has 1 aromatic carbocycles. The Hall–Kier alpha value is -1.84. The van der Waals surface area contributed by atoms with Crippen molar-refractivity contribution in [1.82, 2.24) is 20.5 Å². The van der Waals surface area contributed by atoms with Gasteiger partial charge in [-0.15, -0.1) is 0 Å². The van der Waals surface area contributed by atoms with Crippen molar-refractivity contribution < 1.29 is 13.6 Å². The summed E-state index contributed by atoms with van der Waals surface area (Å²) in [6, 6.07) is 3.13. The van der Waals surface area contributed by atoms with E-state index in [-0.39, 0.29) is 12.3 Å². The number of carbonyl (C=O) groups excluding carboxylic acids is 1. The number of aryl methyl sites for hydroxylation is 2. The molecule has 6 nitrogen and oxygen atoms in total. The lowest BCUT2D eigenvalue weighted by molar-refractivity contribution is -0.129. The molecule has 2 atom stereocenters. The lowest BCUT2D eigenvalue weighted by atomic mass is 10.1. The largest absolute Gasteiger partial charge is 0.345 e. The first-order valence-corrected chi connectivity index (χ1v) is 9.93. The molecule has 2 aromatic rings. The first-order chi connectivity index (χ1) is 12.9. The molecule has 9 heteroatoms. The summed E-state index contributed by atoms with van der Waals surface area (Å²) < 4.78 is 27.2. The Kier molecular flexibility index (Phi) is 5.00. The van der Waals surface area contributed by atoms with Crippen LogP contribution in [-0.2, 0) is 4.79 Å². The van der Waals surface area contributed by atoms with E-state index in [1.54, 1.807) is 11.3 Å². The van der Waals surface area contributed by atoms with Gasteiger partial charge >= 0.3 is 0 Å². The molecule has 2 N–H and O–H groups in total. The summed E-state index contributed by atoms with van der Waals surface area (Å²) in [5.74, 6) is -0.330. The van der Waals surface area contributed by atoms with Crippen molar-refractivity contribution in [2.75, 3.05) is 31.1 Å². The average Bonchev–Trinajstić information content (AvgIpc) is 3.11. The van der Waals surface area contributed by atoms with Crippen molar-refractivity contribution in [2.24, 2.45) is 0 Å². The quantitative estimate of drug-likeness (QED) is 0.833. The molecule has 1 amide bonds. The fraction of sp³-hybridized carbons (Fsp3) is 0.556. The Morgan fingerprint density at radius 3 is 2.56 bits per heavy atom. The van der Waals surface area contributed by atoms with Gasteiger partial charge in [0.25, 0.3) is 6.43 Å². The highest BCUT2D eigenvalue weighted by molar-refractivity contribution is 7.22. The number of amides is 1. The fourth-order valence-electron chi connectivity index (χ4n) is 3.63. The normalized spacial score (nSPS) is 24.6. The minimum atomic E-state index is -2.55. The van der Waals surface area contributed by atoms with E-state index in [9.17, 15) is 13.6 Å². The van der Waals surface area contributed by atoms with Crippen LogP contribution in [0.4, 0.5) is 13.9 Å². The second kappa shape index (κ2) is 7.29. The standard InChI is InChI=1S/C18H23F2N5OS/c1-10-3-4-11(2)15-14(10)23-18(27-15)25-7-5-24(6-8-25)17-21-12(16(19)20)9-13(26)22-17/h3-4,12,16-17,21H,5-9H2,1-2H3,(H,22,26). The zero-order valence-corrected chi connectivity index (χ0v) is 16.2. The first-order valence-electron chi connectivity index (χ1n) is 9.11. The number of rotatable bonds is 3. The van der Waals surface area contributed by atoms with Crippen LogP contribution >= 0.6 is 11.3 Å². The number of nitrogens with zero attached hydrogens (tertiary/aromatic N) is 3. The molecule has 4 rings (SSSR count). The number of thiazole rings is 1. The van der Waals surface area contributed by atoms with E-state index in [0.717, 1.165) is 23.7 Å². The van der Waals surface area contributed by atoms with Gasteiger partial charge in [-0.1, -0.05) is 23.5 Å². The lowest BCUT2D eigenvalue weighted by Crippen LogP contribution is -2.67. The SMILES string of the molecule is Cc1ccc(C)c2sc(N3CCN(C4NC(=O)CC(C(F)F)N4)CC3)nc12. The molecule has 0 aliphatic carbocycles. The third-order valence-electron chi connectivity index (χ3n) is 5.26. The maximum absolute atomic E-state index is 13.0. The highest BCUT2D eigenvalue weighted by Gasteiger charge is 2.35. The average molecular weight is 395 g/mol. The van der Waals surface area contributed by atoms with E-state index < -0.39 is 18.8 Å². The van der Waals surface area contributed by atoms with E-state index in [4.69, 9.17) is 4.98 Å². The van der Waals surface area contributed by atoms with E-state index in [1.165, 1.54) is 15.8 Å². The molecule has 3 heterocycles. The molecule has 0 spiro atoms. The minimum Gasteiger partial charge on any atom is -0.345 e. The molecule has 2 aliphatic rings. The van der Waals surface area contributed by atoms with Crippen molar-refractivity contribution >= 4 is 32.6 Å². The Labute approximate surface area is 160 Å². The number of benzene rings is 1. The van der Waals surface area contributed by atoms with Crippen LogP contribution in [0, 0.1) is 13.8 Å². The summed E-state index contributed by atoms with van der Waals surface area (Å²) >= 11 is 1.70. The Bertz CT molecular complexity index is 811. The molecule has 2 fully saturated rings. The third-order valence-corrected chi connectivity index (χ3v) is 6.51. The summed E-state index contributed by atoms with van der Waals surface area (Å²) in [6.45, 7) is 6.98. The number of nitrogens with one attached hydrogen (secondary N) is 2. The van der Waals surface area contributed by atoms with Crippen molar-refractivity contribution in [3.8, 4) is 0 Å². The Morgan fingerprint density at radius 2 is 1.89 bits per heavy atom. The molecule has 1 aromatic heterocycles. The number of anilines is 1. The van der Waals surface area contributed by atoms with Crippen LogP contribution in [0.3, 0.4) is 0 Å². The predicted octanol–water partition coefficient (Wildman–Crippen LogP) is 2.06. The molecule has 0 saturated carbocycles. The summed E-state index contributed by atoms with van der Waals surface area (Å²) in [7, 11) is 0. The van der Waals surface area contributed by atoms with Crippen molar-refractivity contribution in [3.63, 3.8) is 0 Å². The molecular formula is C18H23F2N5OS. The number of alkyl halides is 2. The predicted molar refractivity (Wildman–Crippen MR) is 102 cm³/mol. The minimum absolute atomic E-state index is 0.182. The summed E-state index contributed by atoms with van der Waals surface area (Å²) in [5.41, 5.74) is 3.45. The highest BCUT2D eigenvalue weighted by atomic mass is 32.1. The van der Waals surface area contributed by atoms with Gasteiger partial charge in [0.05, 0.1) is 16.3 Å². The number of piperazine rings is 1. The zero-order chi connectivity index (χ0) is 19.1. The Balaban J connectivity index is 1.44. The van der Waals surface area contributed by atoms with Gasteiger partial charge in [0.2, 0.25) is 5.91 Å². The second-order valence-electron chi connectivity index (χ2n) is 7.18. The molecule has 0 radical (unpaired) electrons. The number of aromatic nitrogens is 1. The number of carbonyl (C=O) groups is 1. The number of hydrogen-bond donors (Lipinski definition) is 2. The topological polar surface area (TPSA) is 60.5 Å². The summed E-state index contributed by atoms with van der Waals surface area (Å²) in [5, 5.41) is 6.62. The van der Waals surface area contributed by atoms with Gasteiger partial charge in [-0.3, -0.25) is 15.0 Å². The first kappa shape index (κ1) is 18.5. The van der Waals surface area contributed by atoms with Gasteiger partial charge in [0.1, 0.15) is 6.29 Å². The Morgan fingerprint density at radius 1 is 1.19 bits per heavy atom. The van der Waals surface area contributed by atoms with Gasteiger partial charge in [-0.2, -0.15) is 0 Å². The van der Waals surface area contributed by atoms with Gasteiger partial charge in [0, 0.05) is 32.6 Å². The van der Waals surface area contributed by atoms with Gasteiger partial charge in [-0.05, 0) is 25.0 Å². The second-order valence-corrected chi connectivity index (χ2v) is 8.16. The highest BCUT2D eigenvalue weighted by Crippen LogP contribution is 2.33. The number of hydrogen-bond acceptors (Lipinski definition) is 6. The smallest absolute Gasteiger partial charge is 0.254 e. The third kappa shape index (κ3) is 3.63. The van der Waals surface area contributed by atoms with Gasteiger partial charge < -0.3 is 10.2 Å². The monoisotopic (exact) mass is 395 g/mol. The maximum Gasteiger partial charge on any atom is 0.254 e. The molecule has 2 aliphatic heterocycles. The van der Waals surface area contributed by atoms with E-state index >= 15 is 0 Å². The fourth-order valence-corrected chi connectivity index (χ4v) is 4.79. The maximum atomic E-state index is 13.0. The number of halogens is 2. The van der Waals surface area contributed by atoms with Crippen LogP contribution in [0.5, 0.6) is 0 Å². The van der Waals surface area contributed by atoms with Crippen molar-refractivity contribution in [2.45, 2.75) is 39.0 Å². The van der Waals surface area contributed by atoms with Crippen LogP contribution in [0.25, 0.3) is 10.2 Å². The van der Waals surface area contributed by atoms with Gasteiger partial charge in [0.15, 0.2) is 5.13 Å². The van der Waals surface area contributed by atoms with Crippen LogP contribution in [0.2, 0.25) is 0 Å². The van der Waals surface area contributed by atoms with E-state index in [1.807, 2.05) is 4.90 Å². The zero-order valence-electron chi connectivity index (χ0n) is 15.3. The van der Waals surface area contributed by atoms with Gasteiger partial charge in [-0.25, -0.2) is 13.8 Å². The van der Waals surface area contributed by atoms with E-state index in [0.29, 0.717) is 13.1 Å². The van der Waals surface area contributed by atoms with E-state index in [2.05, 4.69) is 41.5 Å². The molecule has 0 bridgehead atoms. The van der Waals surface area contributed by atoms with Crippen molar-refractivity contribution in [1.29, 1.82) is 0 Å². The van der Waals surface area contributed by atoms with Crippen molar-refractivity contribution in [3.05, 3.63) is 23.3 Å². The van der Waals surface area contributed by atoms with Crippen LogP contribution in [0.1, 0.15) is 17.5 Å². The molecule has 146 valence electrons. The molecule has 2 unspecified atom stereocenters. The van der Waals surface area contributed by atoms with Crippen LogP contribution in [0.15, 0.2) is 12.1 Å². The summed E-state index contributed by atoms with van der Waals surface area (Å²) in [4.78, 5) is 20.8. The van der Waals surface area contributed by atoms with Crippen LogP contribution < -0.4 is 15.5 Å². The van der Waals surface area contributed by atoms with Crippen LogP contribution in [-0.4, -0.2) is 60.7 Å². The number of fused-ring (bicyclic) bond motifs is 1. The molecule has 2 saturated heterocycles. The summed E-state index contributed by atoms with van der Waals surface area (Å²) in [6.07, 6.45) is -3.26. The lowest BCUT2D eigenvalue weighted by Gasteiger charge is -2.42. The molecular weight excluding hydrogens is 372 g/mol. The molecule has 27 heavy (non-hydrogen) atoms.